The van der Waals surface area contributed by atoms with Crippen LogP contribution in [0.3, 0.4) is 0 Å². The summed E-state index contributed by atoms with van der Waals surface area (Å²) in [7, 11) is 0. The van der Waals surface area contributed by atoms with Crippen molar-refractivity contribution >= 4 is 5.78 Å². The van der Waals surface area contributed by atoms with Crippen LogP contribution >= 0.6 is 0 Å². The lowest BCUT2D eigenvalue weighted by atomic mass is 9.96. The predicted octanol–water partition coefficient (Wildman–Crippen LogP) is 1.98. The molecule has 0 bridgehead atoms. The fourth-order valence-electron chi connectivity index (χ4n) is 0.931. The van der Waals surface area contributed by atoms with Gasteiger partial charge in [0.2, 0.25) is 0 Å². The van der Waals surface area contributed by atoms with E-state index in [-0.39, 0.29) is 12.0 Å². The van der Waals surface area contributed by atoms with Crippen molar-refractivity contribution in [2.24, 2.45) is 17.6 Å². The normalized spacial score (nSPS) is 13.9. The van der Waals surface area contributed by atoms with Crippen LogP contribution in [0.2, 0.25) is 0 Å². The summed E-state index contributed by atoms with van der Waals surface area (Å²) in [5, 5.41) is 0. The first-order valence-electron chi connectivity index (χ1n) is 4.73. The van der Waals surface area contributed by atoms with E-state index in [0.29, 0.717) is 18.1 Å². The quantitative estimate of drug-likeness (QED) is 0.687. The first-order chi connectivity index (χ1) is 5.45. The molecule has 12 heavy (non-hydrogen) atoms. The third-order valence-electron chi connectivity index (χ3n) is 2.22. The third kappa shape index (κ3) is 4.50. The van der Waals surface area contributed by atoms with Gasteiger partial charge in [0.15, 0.2) is 0 Å². The van der Waals surface area contributed by atoms with Gasteiger partial charge in [0.1, 0.15) is 5.78 Å². The highest BCUT2D eigenvalue weighted by Gasteiger charge is 2.12. The minimum absolute atomic E-state index is 0.157. The van der Waals surface area contributed by atoms with Crippen LogP contribution in [-0.2, 0) is 4.79 Å². The fraction of sp³-hybridized carbons (Fsp3) is 0.900. The van der Waals surface area contributed by atoms with Gasteiger partial charge in [-0.05, 0) is 12.3 Å². The molecule has 0 aromatic carbocycles. The van der Waals surface area contributed by atoms with Crippen molar-refractivity contribution < 1.29 is 4.79 Å². The Morgan fingerprint density at radius 3 is 2.08 bits per heavy atom. The van der Waals surface area contributed by atoms with E-state index in [1.54, 1.807) is 0 Å². The van der Waals surface area contributed by atoms with E-state index in [0.717, 1.165) is 6.42 Å². The fourth-order valence-corrected chi connectivity index (χ4v) is 0.931. The number of carbonyl (C=O) groups is 1. The molecule has 2 heteroatoms. The van der Waals surface area contributed by atoms with Gasteiger partial charge in [0.05, 0.1) is 0 Å². The summed E-state index contributed by atoms with van der Waals surface area (Å²) < 4.78 is 0. The molecule has 0 saturated heterocycles. The van der Waals surface area contributed by atoms with Gasteiger partial charge in [-0.25, -0.2) is 0 Å². The Morgan fingerprint density at radius 2 is 1.75 bits per heavy atom. The molecule has 2 nitrogen and oxygen atoms in total. The zero-order valence-electron chi connectivity index (χ0n) is 8.63. The van der Waals surface area contributed by atoms with E-state index in [1.165, 1.54) is 0 Å². The van der Waals surface area contributed by atoms with Gasteiger partial charge >= 0.3 is 0 Å². The monoisotopic (exact) mass is 171 g/mol. The molecule has 0 rings (SSSR count). The van der Waals surface area contributed by atoms with Gasteiger partial charge < -0.3 is 5.73 Å². The van der Waals surface area contributed by atoms with Crippen LogP contribution in [0.25, 0.3) is 0 Å². The van der Waals surface area contributed by atoms with Crippen molar-refractivity contribution in [3.05, 3.63) is 0 Å². The van der Waals surface area contributed by atoms with Crippen molar-refractivity contribution in [2.45, 2.75) is 46.6 Å². The van der Waals surface area contributed by atoms with Gasteiger partial charge in [-0.3, -0.25) is 4.79 Å². The molecule has 72 valence electrons. The second-order valence-corrected chi connectivity index (χ2v) is 4.07. The Hall–Kier alpha value is -0.370. The van der Waals surface area contributed by atoms with E-state index in [1.807, 2.05) is 13.8 Å². The van der Waals surface area contributed by atoms with Crippen LogP contribution in [0, 0.1) is 11.8 Å². The van der Waals surface area contributed by atoms with Crippen LogP contribution in [0.5, 0.6) is 0 Å². The molecule has 0 saturated carbocycles. The molecule has 1 atom stereocenters. The maximum atomic E-state index is 11.2. The number of nitrogens with two attached hydrogens (primary N) is 1. The Bertz CT molecular complexity index is 141. The highest BCUT2D eigenvalue weighted by Crippen LogP contribution is 2.08. The minimum Gasteiger partial charge on any atom is -0.327 e. The first kappa shape index (κ1) is 11.6. The standard InChI is InChI=1S/C10H21NO/c1-7(2)9(11)5-6-10(12)8(3)4/h7-9H,5-6,11H2,1-4H3. The van der Waals surface area contributed by atoms with Crippen molar-refractivity contribution in [1.29, 1.82) is 0 Å². The van der Waals surface area contributed by atoms with E-state index in [4.69, 9.17) is 5.73 Å². The summed E-state index contributed by atoms with van der Waals surface area (Å²) in [4.78, 5) is 11.2. The summed E-state index contributed by atoms with van der Waals surface area (Å²) in [5.74, 6) is 0.959. The molecule has 0 heterocycles. The Morgan fingerprint density at radius 1 is 1.25 bits per heavy atom. The number of hydrogen-bond donors (Lipinski definition) is 1. The first-order valence-corrected chi connectivity index (χ1v) is 4.73. The van der Waals surface area contributed by atoms with E-state index < -0.39 is 0 Å². The van der Waals surface area contributed by atoms with Crippen molar-refractivity contribution in [2.75, 3.05) is 0 Å². The summed E-state index contributed by atoms with van der Waals surface area (Å²) >= 11 is 0. The SMILES string of the molecule is CC(C)C(=O)CCC(N)C(C)C. The number of Topliss-reactive ketones (excluding diaryl/α,β-unsaturated/α-hetero) is 1. The van der Waals surface area contributed by atoms with E-state index >= 15 is 0 Å². The molecule has 0 radical (unpaired) electrons. The smallest absolute Gasteiger partial charge is 0.135 e. The van der Waals surface area contributed by atoms with Gasteiger partial charge in [0, 0.05) is 18.4 Å². The van der Waals surface area contributed by atoms with Crippen LogP contribution in [-0.4, -0.2) is 11.8 Å². The Labute approximate surface area is 75.5 Å². The lowest BCUT2D eigenvalue weighted by Crippen LogP contribution is -2.27. The second kappa shape index (κ2) is 5.31. The Balaban J connectivity index is 3.61. The highest BCUT2D eigenvalue weighted by atomic mass is 16.1. The Kier molecular flexibility index (Phi) is 5.14. The minimum atomic E-state index is 0.157. The topological polar surface area (TPSA) is 43.1 Å². The zero-order chi connectivity index (χ0) is 9.72. The zero-order valence-corrected chi connectivity index (χ0v) is 8.63. The number of ketones is 1. The molecule has 2 N–H and O–H groups in total. The maximum Gasteiger partial charge on any atom is 0.135 e. The van der Waals surface area contributed by atoms with Gasteiger partial charge in [-0.1, -0.05) is 27.7 Å². The molecule has 1 unspecified atom stereocenters. The second-order valence-electron chi connectivity index (χ2n) is 4.07. The van der Waals surface area contributed by atoms with Gasteiger partial charge in [-0.15, -0.1) is 0 Å². The molecule has 0 spiro atoms. The highest BCUT2D eigenvalue weighted by molar-refractivity contribution is 5.80. The van der Waals surface area contributed by atoms with Crippen molar-refractivity contribution in [1.82, 2.24) is 0 Å². The molecular weight excluding hydrogens is 150 g/mol. The lowest BCUT2D eigenvalue weighted by molar-refractivity contribution is -0.122. The molecule has 0 amide bonds. The number of carbonyl (C=O) groups excluding carboxylic acids is 1. The molecular formula is C10H21NO. The predicted molar refractivity (Wildman–Crippen MR) is 51.9 cm³/mol. The van der Waals surface area contributed by atoms with Crippen LogP contribution in [0.1, 0.15) is 40.5 Å². The number of rotatable bonds is 5. The molecule has 0 aliphatic carbocycles. The van der Waals surface area contributed by atoms with Gasteiger partial charge in [-0.2, -0.15) is 0 Å². The molecule has 0 aromatic rings. The van der Waals surface area contributed by atoms with E-state index in [2.05, 4.69) is 13.8 Å². The van der Waals surface area contributed by atoms with Crippen molar-refractivity contribution in [3.63, 3.8) is 0 Å². The van der Waals surface area contributed by atoms with Crippen LogP contribution < -0.4 is 5.73 Å². The summed E-state index contributed by atoms with van der Waals surface area (Å²) in [6.45, 7) is 8.04. The summed E-state index contributed by atoms with van der Waals surface area (Å²) in [5.41, 5.74) is 5.81. The average Bonchev–Trinajstić information content (AvgIpc) is 1.98. The van der Waals surface area contributed by atoms with Crippen molar-refractivity contribution in [3.8, 4) is 0 Å². The average molecular weight is 171 g/mol. The maximum absolute atomic E-state index is 11.2. The largest absolute Gasteiger partial charge is 0.327 e. The van der Waals surface area contributed by atoms with Crippen LogP contribution in [0.4, 0.5) is 0 Å². The summed E-state index contributed by atoms with van der Waals surface area (Å²) in [6.07, 6.45) is 1.46. The summed E-state index contributed by atoms with van der Waals surface area (Å²) in [6, 6.07) is 0.174. The van der Waals surface area contributed by atoms with Gasteiger partial charge in [0.25, 0.3) is 0 Å². The molecule has 0 aromatic heterocycles. The molecule has 0 aliphatic heterocycles. The third-order valence-corrected chi connectivity index (χ3v) is 2.22. The number of hydrogen-bond acceptors (Lipinski definition) is 2. The lowest BCUT2D eigenvalue weighted by Gasteiger charge is -2.15. The van der Waals surface area contributed by atoms with E-state index in [9.17, 15) is 4.79 Å². The van der Waals surface area contributed by atoms with Crippen LogP contribution in [0.15, 0.2) is 0 Å². The molecule has 0 aliphatic rings. The molecule has 0 fully saturated rings.